The molecule has 0 aromatic rings. The highest BCUT2D eigenvalue weighted by molar-refractivity contribution is 6.17. The second-order valence-electron chi connectivity index (χ2n) is 1.21. The van der Waals surface area contributed by atoms with Crippen molar-refractivity contribution in [2.24, 2.45) is 0 Å². The van der Waals surface area contributed by atoms with Crippen molar-refractivity contribution in [1.29, 1.82) is 0 Å². The van der Waals surface area contributed by atoms with Crippen LogP contribution in [0.25, 0.3) is 0 Å². The van der Waals surface area contributed by atoms with Crippen molar-refractivity contribution < 1.29 is 15.6 Å². The predicted molar refractivity (Wildman–Crippen MR) is 31.1 cm³/mol. The highest BCUT2D eigenvalue weighted by Crippen LogP contribution is 1.81. The number of aldehydes is 1. The molecule has 0 fully saturated rings. The van der Waals surface area contributed by atoms with Gasteiger partial charge in [-0.05, 0) is 0 Å². The zero-order chi connectivity index (χ0) is 6.24. The average molecular weight is 156 g/mol. The Morgan fingerprint density at radius 1 is 1.50 bits per heavy atom. The molecule has 0 aliphatic rings. The summed E-state index contributed by atoms with van der Waals surface area (Å²) in [5.41, 5.74) is 0. The van der Waals surface area contributed by atoms with E-state index in [0.717, 1.165) is 18.0 Å². The summed E-state index contributed by atoms with van der Waals surface area (Å²) in [6, 6.07) is 0. The molecule has 0 saturated carbocycles. The van der Waals surface area contributed by atoms with Crippen LogP contribution in [0.3, 0.4) is 0 Å². The Kier molecular flexibility index (Phi) is 7.48. The van der Waals surface area contributed by atoms with Gasteiger partial charge in [0.05, 0.1) is 12.3 Å². The molecule has 0 spiro atoms. The molecule has 0 aliphatic carbocycles. The van der Waals surface area contributed by atoms with Gasteiger partial charge in [0.25, 0.3) is 0 Å². The van der Waals surface area contributed by atoms with Crippen molar-refractivity contribution in [1.82, 2.24) is 0 Å². The zero-order valence-corrected chi connectivity index (χ0v) is 6.08. The van der Waals surface area contributed by atoms with Crippen LogP contribution >= 0.6 is 11.6 Å². The van der Waals surface area contributed by atoms with E-state index in [-0.39, 0.29) is 0 Å². The van der Waals surface area contributed by atoms with E-state index in [1.165, 1.54) is 0 Å². The fourth-order valence-electron chi connectivity index (χ4n) is 0.267. The van der Waals surface area contributed by atoms with Gasteiger partial charge in [-0.2, -0.15) is 0 Å². The maximum absolute atomic E-state index is 9.71. The first-order valence-corrected chi connectivity index (χ1v) is 4.05. The van der Waals surface area contributed by atoms with Crippen LogP contribution in [0, 0.1) is 10.8 Å². The molecule has 0 aromatic heterocycles. The molecule has 3 heteroatoms. The average Bonchev–Trinajstić information content (AvgIpc) is 1.81. The van der Waals surface area contributed by atoms with E-state index in [2.05, 4.69) is 10.8 Å². The van der Waals surface area contributed by atoms with Crippen molar-refractivity contribution in [3.05, 3.63) is 0 Å². The van der Waals surface area contributed by atoms with Gasteiger partial charge >= 0.3 is 0 Å². The molecule has 1 nitrogen and oxygen atoms in total. The number of halogens is 2. The third-order valence-corrected chi connectivity index (χ3v) is 1.89. The maximum atomic E-state index is 9.71. The summed E-state index contributed by atoms with van der Waals surface area (Å²) < 4.78 is 0. The fraction of sp³-hybridized carbons (Fsp3) is 0.800. The van der Waals surface area contributed by atoms with Gasteiger partial charge in [0.15, 0.2) is 11.8 Å². The van der Waals surface area contributed by atoms with Gasteiger partial charge in [-0.3, -0.25) is 0 Å². The molecule has 0 aliphatic heterocycles. The van der Waals surface area contributed by atoms with Gasteiger partial charge in [0.1, 0.15) is 17.1 Å². The summed E-state index contributed by atoms with van der Waals surface area (Å²) >= 11 is 5.36. The van der Waals surface area contributed by atoms with Gasteiger partial charge in [-0.1, -0.05) is 0 Å². The van der Waals surface area contributed by atoms with Crippen LogP contribution in [-0.4, -0.2) is 23.9 Å². The lowest BCUT2D eigenvalue weighted by atomic mass is 10.6. The van der Waals surface area contributed by atoms with Gasteiger partial charge in [-0.15, -0.1) is 11.6 Å². The third-order valence-electron chi connectivity index (χ3n) is 0.566. The van der Waals surface area contributed by atoms with Gasteiger partial charge in [0.2, 0.25) is 0 Å². The molecule has 0 aromatic carbocycles. The standard InChI is InChI=1S/C5H9Cl2O/c6-2-4-7-3-1-5-8/h5H,1-4H2/q+1. The van der Waals surface area contributed by atoms with E-state index in [0.29, 0.717) is 12.3 Å². The summed E-state index contributed by atoms with van der Waals surface area (Å²) in [5, 5.41) is 0. The van der Waals surface area contributed by atoms with Crippen molar-refractivity contribution in [3.8, 4) is 0 Å². The van der Waals surface area contributed by atoms with Crippen molar-refractivity contribution >= 4 is 17.9 Å². The second kappa shape index (κ2) is 7.25. The van der Waals surface area contributed by atoms with Crippen LogP contribution in [-0.2, 0) is 4.79 Å². The molecule has 8 heavy (non-hydrogen) atoms. The lowest BCUT2D eigenvalue weighted by Crippen LogP contribution is -1.95. The normalized spacial score (nSPS) is 9.12. The van der Waals surface area contributed by atoms with Gasteiger partial charge < -0.3 is 4.79 Å². The minimum Gasteiger partial charge on any atom is -0.303 e. The molecule has 0 unspecified atom stereocenters. The molecular formula is C5H9Cl2O+. The molecule has 0 atom stereocenters. The van der Waals surface area contributed by atoms with Crippen LogP contribution in [0.5, 0.6) is 0 Å². The maximum Gasteiger partial charge on any atom is 0.186 e. The molecule has 0 N–H and O–H groups in total. The van der Waals surface area contributed by atoms with E-state index < -0.39 is 0 Å². The zero-order valence-electron chi connectivity index (χ0n) is 4.57. The number of carbonyl (C=O) groups excluding carboxylic acids is 1. The number of alkyl halides is 3. The Hall–Kier alpha value is 0.250. The molecule has 0 radical (unpaired) electrons. The first-order valence-electron chi connectivity index (χ1n) is 2.45. The molecule has 48 valence electrons. The van der Waals surface area contributed by atoms with Crippen molar-refractivity contribution in [3.63, 3.8) is 0 Å². The first-order chi connectivity index (χ1) is 3.91. The van der Waals surface area contributed by atoms with E-state index >= 15 is 0 Å². The summed E-state index contributed by atoms with van der Waals surface area (Å²) in [6.07, 6.45) is 1.55. The smallest absolute Gasteiger partial charge is 0.186 e. The largest absolute Gasteiger partial charge is 0.303 e. The van der Waals surface area contributed by atoms with Crippen LogP contribution < -0.4 is 0 Å². The Bertz CT molecular complexity index is 56.4. The van der Waals surface area contributed by atoms with E-state index in [9.17, 15) is 4.79 Å². The Balaban J connectivity index is 2.62. The first kappa shape index (κ1) is 8.25. The predicted octanol–water partition coefficient (Wildman–Crippen LogP) is 0.899. The van der Waals surface area contributed by atoms with Crippen LogP contribution in [0.2, 0.25) is 0 Å². The summed E-state index contributed by atoms with van der Waals surface area (Å²) in [7, 11) is 2.13. The topological polar surface area (TPSA) is 17.1 Å². The lowest BCUT2D eigenvalue weighted by molar-refractivity contribution is -0.649. The molecule has 0 saturated heterocycles. The summed E-state index contributed by atoms with van der Waals surface area (Å²) in [4.78, 5) is 9.71. The monoisotopic (exact) mass is 155 g/mol. The van der Waals surface area contributed by atoms with Crippen LogP contribution in [0.1, 0.15) is 6.42 Å². The highest BCUT2D eigenvalue weighted by atomic mass is 35.5. The van der Waals surface area contributed by atoms with E-state index in [4.69, 9.17) is 11.6 Å². The Morgan fingerprint density at radius 2 is 2.25 bits per heavy atom. The molecular weight excluding hydrogens is 147 g/mol. The highest BCUT2D eigenvalue weighted by Gasteiger charge is 1.99. The minimum absolute atomic E-state index is 0.630. The summed E-state index contributed by atoms with van der Waals surface area (Å²) in [5.74, 6) is 2.41. The number of rotatable bonds is 5. The third kappa shape index (κ3) is 6.25. The van der Waals surface area contributed by atoms with Crippen LogP contribution in [0.4, 0.5) is 0 Å². The lowest BCUT2D eigenvalue weighted by Gasteiger charge is -1.74. The van der Waals surface area contributed by atoms with Crippen molar-refractivity contribution in [2.75, 3.05) is 17.6 Å². The minimum atomic E-state index is 0.630. The van der Waals surface area contributed by atoms with E-state index in [1.54, 1.807) is 0 Å². The van der Waals surface area contributed by atoms with Crippen molar-refractivity contribution in [2.45, 2.75) is 6.42 Å². The quantitative estimate of drug-likeness (QED) is 0.328. The van der Waals surface area contributed by atoms with Gasteiger partial charge in [-0.25, -0.2) is 0 Å². The number of hydrogen-bond acceptors (Lipinski definition) is 1. The molecule has 0 amide bonds. The molecule has 0 heterocycles. The fourth-order valence-corrected chi connectivity index (χ4v) is 1.10. The molecule has 0 rings (SSSR count). The van der Waals surface area contributed by atoms with E-state index in [1.807, 2.05) is 0 Å². The Labute approximate surface area is 58.1 Å². The second-order valence-corrected chi connectivity index (χ2v) is 2.72. The van der Waals surface area contributed by atoms with Gasteiger partial charge in [0, 0.05) is 0 Å². The van der Waals surface area contributed by atoms with Crippen LogP contribution in [0.15, 0.2) is 0 Å². The Morgan fingerprint density at radius 3 is 2.75 bits per heavy atom. The number of carbonyl (C=O) groups is 1. The summed E-state index contributed by atoms with van der Waals surface area (Å²) in [6.45, 7) is 0. The number of hydrogen-bond donors (Lipinski definition) is 0. The molecule has 0 bridgehead atoms. The SMILES string of the molecule is O=CCC[Cl+]CCCl.